The standard InChI is InChI=1S/C10H13ClN2.C10H13ClO/c1-6(2)10(12)8-5-13-9(11)4-7(8)3;1-3-4-8-7-9(11)5-6-10(8)12-2/h4-6,12H,1-3H3;5-7H,3-4H2,1-2H3. The van der Waals surface area contributed by atoms with Gasteiger partial charge in [-0.2, -0.15) is 0 Å². The summed E-state index contributed by atoms with van der Waals surface area (Å²) < 4.78 is 5.19. The van der Waals surface area contributed by atoms with Gasteiger partial charge in [0.15, 0.2) is 0 Å². The largest absolute Gasteiger partial charge is 0.496 e. The maximum atomic E-state index is 7.81. The lowest BCUT2D eigenvalue weighted by atomic mass is 9.98. The molecule has 1 aromatic heterocycles. The average Bonchev–Trinajstić information content (AvgIpc) is 2.55. The Morgan fingerprint density at radius 3 is 2.44 bits per heavy atom. The van der Waals surface area contributed by atoms with E-state index in [4.69, 9.17) is 33.3 Å². The number of hydrogen-bond acceptors (Lipinski definition) is 3. The molecule has 0 spiro atoms. The van der Waals surface area contributed by atoms with E-state index in [0.717, 1.165) is 34.7 Å². The number of nitrogens with zero attached hydrogens (tertiary/aromatic N) is 1. The van der Waals surface area contributed by atoms with Crippen molar-refractivity contribution in [1.82, 2.24) is 4.98 Å². The third kappa shape index (κ3) is 6.68. The monoisotopic (exact) mass is 380 g/mol. The van der Waals surface area contributed by atoms with Crippen LogP contribution < -0.4 is 4.74 Å². The highest BCUT2D eigenvalue weighted by Gasteiger charge is 2.09. The van der Waals surface area contributed by atoms with Crippen molar-refractivity contribution in [3.8, 4) is 5.75 Å². The van der Waals surface area contributed by atoms with E-state index >= 15 is 0 Å². The fraction of sp³-hybridized carbons (Fsp3) is 0.400. The molecule has 1 aromatic carbocycles. The summed E-state index contributed by atoms with van der Waals surface area (Å²) in [7, 11) is 1.68. The summed E-state index contributed by atoms with van der Waals surface area (Å²) in [4.78, 5) is 3.97. The molecule has 136 valence electrons. The first-order chi connectivity index (χ1) is 11.8. The summed E-state index contributed by atoms with van der Waals surface area (Å²) in [5.74, 6) is 1.16. The normalized spacial score (nSPS) is 10.2. The van der Waals surface area contributed by atoms with E-state index in [1.165, 1.54) is 5.56 Å². The molecule has 5 heteroatoms. The molecule has 0 aliphatic heterocycles. The highest BCUT2D eigenvalue weighted by molar-refractivity contribution is 6.30. The predicted octanol–water partition coefficient (Wildman–Crippen LogP) is 6.37. The van der Waals surface area contributed by atoms with Gasteiger partial charge in [-0.25, -0.2) is 4.98 Å². The van der Waals surface area contributed by atoms with Crippen LogP contribution in [0.15, 0.2) is 30.5 Å². The van der Waals surface area contributed by atoms with Crippen molar-refractivity contribution in [2.45, 2.75) is 40.5 Å². The van der Waals surface area contributed by atoms with Crippen LogP contribution in [0.4, 0.5) is 0 Å². The number of hydrogen-bond donors (Lipinski definition) is 1. The van der Waals surface area contributed by atoms with E-state index in [1.807, 2.05) is 39.0 Å². The Kier molecular flexibility index (Phi) is 8.95. The van der Waals surface area contributed by atoms with Crippen LogP contribution in [0.2, 0.25) is 10.2 Å². The van der Waals surface area contributed by atoms with Gasteiger partial charge in [0.05, 0.1) is 7.11 Å². The Hall–Kier alpha value is -1.58. The van der Waals surface area contributed by atoms with Crippen LogP contribution in [0, 0.1) is 18.3 Å². The van der Waals surface area contributed by atoms with Gasteiger partial charge in [-0.1, -0.05) is 50.4 Å². The number of benzene rings is 1. The van der Waals surface area contributed by atoms with Crippen LogP contribution in [0.3, 0.4) is 0 Å². The summed E-state index contributed by atoms with van der Waals surface area (Å²) >= 11 is 11.6. The molecule has 1 heterocycles. The molecule has 3 nitrogen and oxygen atoms in total. The Labute approximate surface area is 160 Å². The van der Waals surface area contributed by atoms with Crippen molar-refractivity contribution in [3.05, 3.63) is 57.3 Å². The van der Waals surface area contributed by atoms with E-state index in [9.17, 15) is 0 Å². The number of rotatable bonds is 5. The van der Waals surface area contributed by atoms with Gasteiger partial charge in [0.2, 0.25) is 0 Å². The Balaban J connectivity index is 0.000000251. The van der Waals surface area contributed by atoms with Crippen molar-refractivity contribution in [2.24, 2.45) is 5.92 Å². The lowest BCUT2D eigenvalue weighted by molar-refractivity contribution is 0.409. The predicted molar refractivity (Wildman–Crippen MR) is 108 cm³/mol. The van der Waals surface area contributed by atoms with Gasteiger partial charge in [0.1, 0.15) is 10.9 Å². The topological polar surface area (TPSA) is 46.0 Å². The quantitative estimate of drug-likeness (QED) is 0.483. The maximum absolute atomic E-state index is 7.81. The summed E-state index contributed by atoms with van der Waals surface area (Å²) in [5.41, 5.74) is 3.70. The van der Waals surface area contributed by atoms with Crippen molar-refractivity contribution in [2.75, 3.05) is 7.11 Å². The van der Waals surface area contributed by atoms with Gasteiger partial charge in [0.25, 0.3) is 0 Å². The number of aryl methyl sites for hydroxylation is 2. The summed E-state index contributed by atoms with van der Waals surface area (Å²) in [6.45, 7) is 8.08. The number of ether oxygens (including phenoxy) is 1. The summed E-state index contributed by atoms with van der Waals surface area (Å²) in [6, 6.07) is 7.50. The molecule has 0 amide bonds. The maximum Gasteiger partial charge on any atom is 0.129 e. The lowest BCUT2D eigenvalue weighted by Crippen LogP contribution is -2.09. The minimum Gasteiger partial charge on any atom is -0.496 e. The number of aromatic nitrogens is 1. The Morgan fingerprint density at radius 1 is 1.24 bits per heavy atom. The van der Waals surface area contributed by atoms with E-state index in [1.54, 1.807) is 19.4 Å². The minimum absolute atomic E-state index is 0.224. The molecule has 0 aliphatic carbocycles. The van der Waals surface area contributed by atoms with Crippen LogP contribution in [0.5, 0.6) is 5.75 Å². The Morgan fingerprint density at radius 2 is 1.92 bits per heavy atom. The molecule has 0 fully saturated rings. The second-order valence-electron chi connectivity index (χ2n) is 6.10. The van der Waals surface area contributed by atoms with Crippen molar-refractivity contribution < 1.29 is 4.74 Å². The van der Waals surface area contributed by atoms with Gasteiger partial charge in [-0.05, 0) is 54.7 Å². The number of pyridine rings is 1. The number of nitrogens with one attached hydrogen (secondary N) is 1. The second-order valence-corrected chi connectivity index (χ2v) is 6.92. The van der Waals surface area contributed by atoms with Crippen LogP contribution in [0.1, 0.15) is 43.9 Å². The zero-order valence-electron chi connectivity index (χ0n) is 15.5. The molecule has 25 heavy (non-hydrogen) atoms. The van der Waals surface area contributed by atoms with Crippen molar-refractivity contribution in [3.63, 3.8) is 0 Å². The first-order valence-electron chi connectivity index (χ1n) is 8.33. The second kappa shape index (κ2) is 10.4. The third-order valence-corrected chi connectivity index (χ3v) is 4.15. The molecule has 0 radical (unpaired) electrons. The minimum atomic E-state index is 0.224. The summed E-state index contributed by atoms with van der Waals surface area (Å²) in [5, 5.41) is 9.07. The molecule has 2 aromatic rings. The van der Waals surface area contributed by atoms with E-state index in [2.05, 4.69) is 11.9 Å². The van der Waals surface area contributed by atoms with Crippen LogP contribution >= 0.6 is 23.2 Å². The van der Waals surface area contributed by atoms with Crippen molar-refractivity contribution >= 4 is 28.9 Å². The number of halogens is 2. The fourth-order valence-corrected chi connectivity index (χ4v) is 2.73. The molecule has 0 aliphatic rings. The lowest BCUT2D eigenvalue weighted by Gasteiger charge is -2.09. The molecule has 0 atom stereocenters. The molecular formula is C20H26Cl2N2O. The van der Waals surface area contributed by atoms with E-state index in [-0.39, 0.29) is 5.92 Å². The van der Waals surface area contributed by atoms with Gasteiger partial charge in [-0.15, -0.1) is 0 Å². The van der Waals surface area contributed by atoms with Gasteiger partial charge < -0.3 is 10.1 Å². The van der Waals surface area contributed by atoms with Crippen LogP contribution in [0.25, 0.3) is 0 Å². The molecule has 0 bridgehead atoms. The molecule has 0 saturated carbocycles. The summed E-state index contributed by atoms with van der Waals surface area (Å²) in [6.07, 6.45) is 3.79. The van der Waals surface area contributed by atoms with E-state index in [0.29, 0.717) is 10.9 Å². The molecule has 0 unspecified atom stereocenters. The first kappa shape index (κ1) is 21.5. The van der Waals surface area contributed by atoms with Crippen molar-refractivity contribution in [1.29, 1.82) is 5.41 Å². The molecular weight excluding hydrogens is 355 g/mol. The molecule has 2 rings (SSSR count). The highest BCUT2D eigenvalue weighted by atomic mass is 35.5. The SMILES string of the molecule is CCCc1cc(Cl)ccc1OC.Cc1cc(Cl)ncc1C(=N)C(C)C. The zero-order chi connectivity index (χ0) is 19.0. The van der Waals surface area contributed by atoms with Gasteiger partial charge in [0, 0.05) is 22.5 Å². The average molecular weight is 381 g/mol. The number of methoxy groups -OCH3 is 1. The van der Waals surface area contributed by atoms with Gasteiger partial charge >= 0.3 is 0 Å². The smallest absolute Gasteiger partial charge is 0.129 e. The molecule has 0 saturated heterocycles. The fourth-order valence-electron chi connectivity index (χ4n) is 2.33. The first-order valence-corrected chi connectivity index (χ1v) is 9.09. The molecule has 1 N–H and O–H groups in total. The highest BCUT2D eigenvalue weighted by Crippen LogP contribution is 2.23. The van der Waals surface area contributed by atoms with E-state index < -0.39 is 0 Å². The van der Waals surface area contributed by atoms with Crippen LogP contribution in [-0.2, 0) is 6.42 Å². The Bertz CT molecular complexity index is 715. The third-order valence-electron chi connectivity index (χ3n) is 3.71. The zero-order valence-corrected chi connectivity index (χ0v) is 17.0. The van der Waals surface area contributed by atoms with Gasteiger partial charge in [-0.3, -0.25) is 0 Å². The van der Waals surface area contributed by atoms with Crippen LogP contribution in [-0.4, -0.2) is 17.8 Å².